The maximum Gasteiger partial charge on any atom is 0.262 e. The van der Waals surface area contributed by atoms with Crippen molar-refractivity contribution in [3.05, 3.63) is 71.3 Å². The quantitative estimate of drug-likeness (QED) is 0.409. The minimum absolute atomic E-state index is 0.273. The highest BCUT2D eigenvalue weighted by atomic mass is 16.4. The van der Waals surface area contributed by atoms with E-state index in [0.29, 0.717) is 16.7 Å². The minimum atomic E-state index is -0.667. The number of carbonyl (C=O) groups excluding carboxylic acids is 2. The molecular weight excluding hydrogens is 280 g/mol. The van der Waals surface area contributed by atoms with Crippen LogP contribution >= 0.6 is 0 Å². The van der Waals surface area contributed by atoms with E-state index in [9.17, 15) is 14.8 Å². The first kappa shape index (κ1) is 14.0. The maximum atomic E-state index is 12.5. The van der Waals surface area contributed by atoms with Crippen LogP contribution in [0.4, 0.5) is 0 Å². The predicted molar refractivity (Wildman–Crippen MR) is 81.2 cm³/mol. The fourth-order valence-corrected chi connectivity index (χ4v) is 2.67. The lowest BCUT2D eigenvalue weighted by molar-refractivity contribution is 0.0634. The molecular formula is C17H14N2O3. The van der Waals surface area contributed by atoms with Gasteiger partial charge in [0.1, 0.15) is 5.71 Å². The molecule has 0 aromatic heterocycles. The number of oxime groups is 1. The van der Waals surface area contributed by atoms with E-state index in [-0.39, 0.29) is 17.5 Å². The standard InChI is InChI=1S/C17H14N2O3/c1-11(15(18-22)12-7-3-2-4-8-12)19-16(20)13-9-5-6-10-14(13)17(19)21/h2-11,22H,1H3/b18-15-/t11-/m1/s1. The van der Waals surface area contributed by atoms with E-state index in [2.05, 4.69) is 5.16 Å². The van der Waals surface area contributed by atoms with Crippen LogP contribution in [-0.2, 0) is 0 Å². The minimum Gasteiger partial charge on any atom is -0.411 e. The average molecular weight is 294 g/mol. The molecule has 2 aromatic carbocycles. The van der Waals surface area contributed by atoms with Gasteiger partial charge in [-0.15, -0.1) is 0 Å². The topological polar surface area (TPSA) is 70.0 Å². The molecule has 1 heterocycles. The van der Waals surface area contributed by atoms with Gasteiger partial charge in [-0.05, 0) is 19.1 Å². The number of benzene rings is 2. The molecule has 0 saturated heterocycles. The van der Waals surface area contributed by atoms with Crippen molar-refractivity contribution in [1.29, 1.82) is 0 Å². The lowest BCUT2D eigenvalue weighted by Crippen LogP contribution is -2.43. The van der Waals surface area contributed by atoms with Gasteiger partial charge in [0.15, 0.2) is 0 Å². The zero-order chi connectivity index (χ0) is 15.7. The van der Waals surface area contributed by atoms with Crippen molar-refractivity contribution in [3.8, 4) is 0 Å². The van der Waals surface area contributed by atoms with E-state index in [1.54, 1.807) is 55.5 Å². The van der Waals surface area contributed by atoms with Crippen molar-refractivity contribution < 1.29 is 14.8 Å². The van der Waals surface area contributed by atoms with Crippen LogP contribution in [0.1, 0.15) is 33.2 Å². The molecule has 0 radical (unpaired) electrons. The highest BCUT2D eigenvalue weighted by Crippen LogP contribution is 2.25. The number of fused-ring (bicyclic) bond motifs is 1. The van der Waals surface area contributed by atoms with Crippen molar-refractivity contribution >= 4 is 17.5 Å². The van der Waals surface area contributed by atoms with Crippen LogP contribution in [0.3, 0.4) is 0 Å². The Morgan fingerprint density at radius 3 is 1.95 bits per heavy atom. The number of hydrogen-bond donors (Lipinski definition) is 1. The van der Waals surface area contributed by atoms with Gasteiger partial charge in [-0.2, -0.15) is 0 Å². The summed E-state index contributed by atoms with van der Waals surface area (Å²) in [6.07, 6.45) is 0. The molecule has 0 fully saturated rings. The molecule has 0 bridgehead atoms. The van der Waals surface area contributed by atoms with Gasteiger partial charge in [0.05, 0.1) is 17.2 Å². The smallest absolute Gasteiger partial charge is 0.262 e. The van der Waals surface area contributed by atoms with Crippen LogP contribution in [-0.4, -0.2) is 33.7 Å². The first-order valence-electron chi connectivity index (χ1n) is 6.89. The predicted octanol–water partition coefficient (Wildman–Crippen LogP) is 2.55. The number of hydrogen-bond acceptors (Lipinski definition) is 4. The van der Waals surface area contributed by atoms with E-state index in [1.165, 1.54) is 0 Å². The lowest BCUT2D eigenvalue weighted by Gasteiger charge is -2.23. The van der Waals surface area contributed by atoms with Gasteiger partial charge in [0.25, 0.3) is 11.8 Å². The Balaban J connectivity index is 1.98. The van der Waals surface area contributed by atoms with E-state index >= 15 is 0 Å². The Hall–Kier alpha value is -2.95. The van der Waals surface area contributed by atoms with Crippen LogP contribution in [0.15, 0.2) is 59.8 Å². The summed E-state index contributed by atoms with van der Waals surface area (Å²) < 4.78 is 0. The fraction of sp³-hybridized carbons (Fsp3) is 0.118. The SMILES string of the molecule is C[C@H](/C(=N/O)c1ccccc1)N1C(=O)c2ccccc2C1=O. The molecule has 5 nitrogen and oxygen atoms in total. The highest BCUT2D eigenvalue weighted by molar-refractivity contribution is 6.24. The fourth-order valence-electron chi connectivity index (χ4n) is 2.67. The number of nitrogens with zero attached hydrogens (tertiary/aromatic N) is 2. The lowest BCUT2D eigenvalue weighted by atomic mass is 10.0. The van der Waals surface area contributed by atoms with Crippen molar-refractivity contribution in [2.75, 3.05) is 0 Å². The van der Waals surface area contributed by atoms with Gasteiger partial charge >= 0.3 is 0 Å². The summed E-state index contributed by atoms with van der Waals surface area (Å²) in [5.41, 5.74) is 1.69. The number of rotatable bonds is 3. The highest BCUT2D eigenvalue weighted by Gasteiger charge is 2.40. The Labute approximate surface area is 127 Å². The van der Waals surface area contributed by atoms with Crippen molar-refractivity contribution in [3.63, 3.8) is 0 Å². The molecule has 1 N–H and O–H groups in total. The van der Waals surface area contributed by atoms with Crippen LogP contribution in [0.25, 0.3) is 0 Å². The first-order valence-corrected chi connectivity index (χ1v) is 6.89. The molecule has 0 aliphatic carbocycles. The largest absolute Gasteiger partial charge is 0.411 e. The van der Waals surface area contributed by atoms with Crippen molar-refractivity contribution in [1.82, 2.24) is 4.90 Å². The molecule has 2 aromatic rings. The van der Waals surface area contributed by atoms with Gasteiger partial charge in [0.2, 0.25) is 0 Å². The average Bonchev–Trinajstić information content (AvgIpc) is 2.81. The normalized spacial score (nSPS) is 15.9. The number of carbonyl (C=O) groups is 2. The molecule has 0 saturated carbocycles. The molecule has 0 spiro atoms. The second-order valence-corrected chi connectivity index (χ2v) is 5.05. The summed E-state index contributed by atoms with van der Waals surface area (Å²) in [7, 11) is 0. The zero-order valence-corrected chi connectivity index (χ0v) is 11.9. The second kappa shape index (κ2) is 5.44. The molecule has 2 amide bonds. The Bertz CT molecular complexity index is 733. The molecule has 1 atom stereocenters. The number of imide groups is 1. The van der Waals surface area contributed by atoms with Crippen LogP contribution < -0.4 is 0 Å². The Morgan fingerprint density at radius 2 is 1.45 bits per heavy atom. The Kier molecular flexibility index (Phi) is 3.47. The molecule has 110 valence electrons. The monoisotopic (exact) mass is 294 g/mol. The summed E-state index contributed by atoms with van der Waals surface area (Å²) in [4.78, 5) is 26.1. The van der Waals surface area contributed by atoms with Crippen LogP contribution in [0.5, 0.6) is 0 Å². The third-order valence-electron chi connectivity index (χ3n) is 3.79. The van der Waals surface area contributed by atoms with Crippen LogP contribution in [0.2, 0.25) is 0 Å². The summed E-state index contributed by atoms with van der Waals surface area (Å²) in [6, 6.07) is 15.0. The second-order valence-electron chi connectivity index (χ2n) is 5.05. The third kappa shape index (κ3) is 2.07. The first-order chi connectivity index (χ1) is 10.6. The summed E-state index contributed by atoms with van der Waals surface area (Å²) >= 11 is 0. The van der Waals surface area contributed by atoms with E-state index in [4.69, 9.17) is 0 Å². The Morgan fingerprint density at radius 1 is 0.955 bits per heavy atom. The van der Waals surface area contributed by atoms with Crippen LogP contribution in [0, 0.1) is 0 Å². The molecule has 3 rings (SSSR count). The van der Waals surface area contributed by atoms with Gasteiger partial charge in [0, 0.05) is 5.56 Å². The van der Waals surface area contributed by atoms with Crippen molar-refractivity contribution in [2.24, 2.45) is 5.16 Å². The summed E-state index contributed by atoms with van der Waals surface area (Å²) in [5, 5.41) is 12.6. The molecule has 0 unspecified atom stereocenters. The summed E-state index contributed by atoms with van der Waals surface area (Å²) in [6.45, 7) is 1.67. The van der Waals surface area contributed by atoms with E-state index in [0.717, 1.165) is 4.90 Å². The maximum absolute atomic E-state index is 12.5. The van der Waals surface area contributed by atoms with Crippen molar-refractivity contribution in [2.45, 2.75) is 13.0 Å². The molecule has 5 heteroatoms. The van der Waals surface area contributed by atoms with E-state index in [1.807, 2.05) is 6.07 Å². The molecule has 1 aliphatic rings. The van der Waals surface area contributed by atoms with Gasteiger partial charge in [-0.25, -0.2) is 0 Å². The zero-order valence-electron chi connectivity index (χ0n) is 11.9. The van der Waals surface area contributed by atoms with E-state index < -0.39 is 6.04 Å². The molecule has 1 aliphatic heterocycles. The third-order valence-corrected chi connectivity index (χ3v) is 3.79. The van der Waals surface area contributed by atoms with Gasteiger partial charge in [-0.3, -0.25) is 14.5 Å². The number of amides is 2. The van der Waals surface area contributed by atoms with Gasteiger partial charge < -0.3 is 5.21 Å². The molecule has 22 heavy (non-hydrogen) atoms. The summed E-state index contributed by atoms with van der Waals surface area (Å²) in [5.74, 6) is -0.740. The van der Waals surface area contributed by atoms with Gasteiger partial charge in [-0.1, -0.05) is 47.6 Å².